The molecule has 4 nitrogen and oxygen atoms in total. The maximum atomic E-state index is 12.1. The molecule has 1 atom stereocenters. The SMILES string of the molecule is CCN(CC)C(=O)C(C)Oc1c(Cl)cc(Cl)cc1C=O. The first kappa shape index (κ1) is 16.8. The molecule has 0 fully saturated rings. The van der Waals surface area contributed by atoms with Crippen molar-refractivity contribution in [2.24, 2.45) is 0 Å². The summed E-state index contributed by atoms with van der Waals surface area (Å²) >= 11 is 11.8. The second kappa shape index (κ2) is 7.50. The molecule has 0 aromatic heterocycles. The maximum absolute atomic E-state index is 12.1. The fourth-order valence-electron chi connectivity index (χ4n) is 1.81. The number of benzene rings is 1. The van der Waals surface area contributed by atoms with Gasteiger partial charge in [-0.05, 0) is 32.9 Å². The quantitative estimate of drug-likeness (QED) is 0.755. The monoisotopic (exact) mass is 317 g/mol. The largest absolute Gasteiger partial charge is 0.479 e. The van der Waals surface area contributed by atoms with Gasteiger partial charge in [-0.2, -0.15) is 0 Å². The molecule has 1 unspecified atom stereocenters. The van der Waals surface area contributed by atoms with Gasteiger partial charge in [0, 0.05) is 18.1 Å². The highest BCUT2D eigenvalue weighted by atomic mass is 35.5. The van der Waals surface area contributed by atoms with Crippen LogP contribution >= 0.6 is 23.2 Å². The predicted molar refractivity (Wildman–Crippen MR) is 79.9 cm³/mol. The molecule has 0 radical (unpaired) electrons. The lowest BCUT2D eigenvalue weighted by atomic mass is 10.2. The summed E-state index contributed by atoms with van der Waals surface area (Å²) < 4.78 is 5.56. The van der Waals surface area contributed by atoms with Crippen molar-refractivity contribution in [3.05, 3.63) is 27.7 Å². The fourth-order valence-corrected chi connectivity index (χ4v) is 2.37. The summed E-state index contributed by atoms with van der Waals surface area (Å²) in [5.74, 6) is 0.0249. The first-order valence-corrected chi connectivity index (χ1v) is 7.09. The Morgan fingerprint density at radius 1 is 1.35 bits per heavy atom. The van der Waals surface area contributed by atoms with Gasteiger partial charge >= 0.3 is 0 Å². The molecule has 1 aromatic rings. The predicted octanol–water partition coefficient (Wildman–Crippen LogP) is 3.44. The van der Waals surface area contributed by atoms with Crippen molar-refractivity contribution in [2.45, 2.75) is 26.9 Å². The lowest BCUT2D eigenvalue weighted by molar-refractivity contribution is -0.137. The van der Waals surface area contributed by atoms with Crippen LogP contribution in [-0.2, 0) is 4.79 Å². The first-order chi connectivity index (χ1) is 9.44. The number of hydrogen-bond donors (Lipinski definition) is 0. The van der Waals surface area contributed by atoms with Gasteiger partial charge in [0.05, 0.1) is 10.6 Å². The number of rotatable bonds is 6. The maximum Gasteiger partial charge on any atom is 0.263 e. The molecule has 1 rings (SSSR count). The molecular weight excluding hydrogens is 301 g/mol. The van der Waals surface area contributed by atoms with Crippen LogP contribution < -0.4 is 4.74 Å². The average Bonchev–Trinajstić information content (AvgIpc) is 2.42. The summed E-state index contributed by atoms with van der Waals surface area (Å²) in [4.78, 5) is 24.8. The van der Waals surface area contributed by atoms with Gasteiger partial charge in [-0.15, -0.1) is 0 Å². The number of carbonyl (C=O) groups is 2. The number of likely N-dealkylation sites (N-methyl/N-ethyl adjacent to an activating group) is 1. The van der Waals surface area contributed by atoms with Crippen molar-refractivity contribution in [1.82, 2.24) is 4.90 Å². The highest BCUT2D eigenvalue weighted by Crippen LogP contribution is 2.32. The van der Waals surface area contributed by atoms with E-state index in [1.165, 1.54) is 12.1 Å². The minimum Gasteiger partial charge on any atom is -0.479 e. The molecule has 110 valence electrons. The summed E-state index contributed by atoms with van der Waals surface area (Å²) in [6.07, 6.45) is -0.130. The third-order valence-electron chi connectivity index (χ3n) is 2.88. The second-order valence-corrected chi connectivity index (χ2v) is 5.04. The van der Waals surface area contributed by atoms with E-state index in [0.717, 1.165) is 0 Å². The Morgan fingerprint density at radius 3 is 2.45 bits per heavy atom. The molecule has 0 bridgehead atoms. The molecule has 0 saturated heterocycles. The molecule has 1 amide bonds. The van der Waals surface area contributed by atoms with Gasteiger partial charge in [0.2, 0.25) is 0 Å². The molecule has 0 aliphatic rings. The highest BCUT2D eigenvalue weighted by Gasteiger charge is 2.22. The Hall–Kier alpha value is -1.26. The van der Waals surface area contributed by atoms with E-state index in [1.54, 1.807) is 11.8 Å². The van der Waals surface area contributed by atoms with E-state index in [0.29, 0.717) is 24.4 Å². The molecule has 0 heterocycles. The smallest absolute Gasteiger partial charge is 0.263 e. The van der Waals surface area contributed by atoms with Crippen molar-refractivity contribution >= 4 is 35.4 Å². The minimum atomic E-state index is -0.729. The summed E-state index contributed by atoms with van der Waals surface area (Å²) in [6.45, 7) is 6.59. The summed E-state index contributed by atoms with van der Waals surface area (Å²) in [5, 5.41) is 0.547. The second-order valence-electron chi connectivity index (χ2n) is 4.19. The number of carbonyl (C=O) groups excluding carboxylic acids is 2. The van der Waals surface area contributed by atoms with Crippen LogP contribution in [0.25, 0.3) is 0 Å². The Bertz CT molecular complexity index is 501. The van der Waals surface area contributed by atoms with Crippen LogP contribution in [0.1, 0.15) is 31.1 Å². The number of amides is 1. The van der Waals surface area contributed by atoms with Gasteiger partial charge in [-0.1, -0.05) is 23.2 Å². The molecule has 6 heteroatoms. The Kier molecular flexibility index (Phi) is 6.30. The fraction of sp³-hybridized carbons (Fsp3) is 0.429. The van der Waals surface area contributed by atoms with Crippen LogP contribution in [0.4, 0.5) is 0 Å². The van der Waals surface area contributed by atoms with Crippen LogP contribution in [-0.4, -0.2) is 36.3 Å². The Labute approximate surface area is 128 Å². The van der Waals surface area contributed by atoms with E-state index in [1.807, 2.05) is 13.8 Å². The first-order valence-electron chi connectivity index (χ1n) is 6.34. The Balaban J connectivity index is 2.98. The van der Waals surface area contributed by atoms with E-state index < -0.39 is 6.10 Å². The molecule has 0 spiro atoms. The van der Waals surface area contributed by atoms with Gasteiger partial charge in [0.25, 0.3) is 5.91 Å². The molecular formula is C14H17Cl2NO3. The molecule has 0 aliphatic carbocycles. The topological polar surface area (TPSA) is 46.6 Å². The van der Waals surface area contributed by atoms with Crippen molar-refractivity contribution in [2.75, 3.05) is 13.1 Å². The lowest BCUT2D eigenvalue weighted by Crippen LogP contribution is -2.40. The van der Waals surface area contributed by atoms with E-state index in [9.17, 15) is 9.59 Å². The van der Waals surface area contributed by atoms with Crippen molar-refractivity contribution in [3.8, 4) is 5.75 Å². The van der Waals surface area contributed by atoms with E-state index >= 15 is 0 Å². The van der Waals surface area contributed by atoms with E-state index in [4.69, 9.17) is 27.9 Å². The molecule has 1 aromatic carbocycles. The number of hydrogen-bond acceptors (Lipinski definition) is 3. The molecule has 0 N–H and O–H groups in total. The van der Waals surface area contributed by atoms with E-state index in [-0.39, 0.29) is 22.2 Å². The zero-order valence-electron chi connectivity index (χ0n) is 11.7. The normalized spacial score (nSPS) is 11.8. The lowest BCUT2D eigenvalue weighted by Gasteiger charge is -2.24. The van der Waals surface area contributed by atoms with Gasteiger partial charge in [-0.25, -0.2) is 0 Å². The van der Waals surface area contributed by atoms with Gasteiger partial charge < -0.3 is 9.64 Å². The van der Waals surface area contributed by atoms with Crippen molar-refractivity contribution in [3.63, 3.8) is 0 Å². The van der Waals surface area contributed by atoms with Crippen LogP contribution in [0.2, 0.25) is 10.0 Å². The van der Waals surface area contributed by atoms with Crippen molar-refractivity contribution < 1.29 is 14.3 Å². The van der Waals surface area contributed by atoms with E-state index in [2.05, 4.69) is 0 Å². The highest BCUT2D eigenvalue weighted by molar-refractivity contribution is 6.36. The van der Waals surface area contributed by atoms with Crippen LogP contribution in [0.5, 0.6) is 5.75 Å². The number of halogens is 2. The van der Waals surface area contributed by atoms with Crippen LogP contribution in [0.3, 0.4) is 0 Å². The van der Waals surface area contributed by atoms with Crippen LogP contribution in [0, 0.1) is 0 Å². The third kappa shape index (κ3) is 3.87. The summed E-state index contributed by atoms with van der Waals surface area (Å²) in [7, 11) is 0. The third-order valence-corrected chi connectivity index (χ3v) is 3.38. The number of aldehydes is 1. The number of nitrogens with zero attached hydrogens (tertiary/aromatic N) is 1. The average molecular weight is 318 g/mol. The molecule has 0 aliphatic heterocycles. The van der Waals surface area contributed by atoms with Crippen molar-refractivity contribution in [1.29, 1.82) is 0 Å². The van der Waals surface area contributed by atoms with Crippen LogP contribution in [0.15, 0.2) is 12.1 Å². The Morgan fingerprint density at radius 2 is 1.95 bits per heavy atom. The molecule has 20 heavy (non-hydrogen) atoms. The molecule has 0 saturated carbocycles. The standard InChI is InChI=1S/C14H17Cl2NO3/c1-4-17(5-2)14(19)9(3)20-13-10(8-18)6-11(15)7-12(13)16/h6-9H,4-5H2,1-3H3. The van der Waals surface area contributed by atoms with Gasteiger partial charge in [0.15, 0.2) is 12.4 Å². The minimum absolute atomic E-state index is 0.155. The zero-order chi connectivity index (χ0) is 15.3. The van der Waals surface area contributed by atoms with Gasteiger partial charge in [0.1, 0.15) is 5.75 Å². The zero-order valence-corrected chi connectivity index (χ0v) is 13.2. The van der Waals surface area contributed by atoms with Gasteiger partial charge in [-0.3, -0.25) is 9.59 Å². The number of ether oxygens (including phenoxy) is 1. The summed E-state index contributed by atoms with van der Waals surface area (Å²) in [6, 6.07) is 2.92. The summed E-state index contributed by atoms with van der Waals surface area (Å²) in [5.41, 5.74) is 0.224.